The van der Waals surface area contributed by atoms with Crippen molar-refractivity contribution in [3.63, 3.8) is 0 Å². The standard InChI is InChI=1S/C33H52NO/c1-32(2,3)30-21-24(22-31(35-30)33(4,5)6)17-16-23-18-19-29-27(20-23)26-14-10-11-15-28(26)34(29)25-12-8-7-9-13-25/h16-17,21-23,25-29H,7-15,18-20H2,1-6H3/q+1/b17-16+. The highest BCUT2D eigenvalue weighted by Crippen LogP contribution is 2.52. The molecular formula is C33H52NO+. The van der Waals surface area contributed by atoms with E-state index in [1.165, 1.54) is 82.6 Å². The van der Waals surface area contributed by atoms with Crippen molar-refractivity contribution in [1.82, 2.24) is 4.90 Å². The van der Waals surface area contributed by atoms with Gasteiger partial charge < -0.3 is 0 Å². The van der Waals surface area contributed by atoms with E-state index in [1.54, 1.807) is 0 Å². The Morgan fingerprint density at radius 1 is 0.714 bits per heavy atom. The topological polar surface area (TPSA) is 14.5 Å². The van der Waals surface area contributed by atoms with E-state index in [0.717, 1.165) is 47.4 Å². The van der Waals surface area contributed by atoms with Gasteiger partial charge in [0.15, 0.2) is 0 Å². The van der Waals surface area contributed by atoms with E-state index in [9.17, 15) is 0 Å². The van der Waals surface area contributed by atoms with Gasteiger partial charge in [0.05, 0.1) is 10.8 Å². The van der Waals surface area contributed by atoms with Gasteiger partial charge in [-0.05, 0) is 110 Å². The second-order valence-corrected chi connectivity index (χ2v) is 14.5. The Labute approximate surface area is 216 Å². The van der Waals surface area contributed by atoms with Gasteiger partial charge in [-0.25, -0.2) is 4.42 Å². The summed E-state index contributed by atoms with van der Waals surface area (Å²) in [7, 11) is 0. The first kappa shape index (κ1) is 25.5. The van der Waals surface area contributed by atoms with Crippen LogP contribution in [0.15, 0.2) is 22.6 Å². The van der Waals surface area contributed by atoms with Crippen molar-refractivity contribution in [3.8, 4) is 0 Å². The highest BCUT2D eigenvalue weighted by molar-refractivity contribution is 5.51. The van der Waals surface area contributed by atoms with Crippen LogP contribution in [-0.4, -0.2) is 23.0 Å². The van der Waals surface area contributed by atoms with E-state index in [4.69, 9.17) is 4.42 Å². The van der Waals surface area contributed by atoms with E-state index in [1.807, 2.05) is 0 Å². The molecule has 1 aliphatic heterocycles. The van der Waals surface area contributed by atoms with Crippen LogP contribution in [0.25, 0.3) is 6.08 Å². The minimum Gasteiger partial charge on any atom is -0.294 e. The van der Waals surface area contributed by atoms with E-state index < -0.39 is 0 Å². The Balaban J connectivity index is 1.34. The first-order valence-electron chi connectivity index (χ1n) is 15.1. The molecule has 5 rings (SSSR count). The minimum atomic E-state index is 0.0182. The van der Waals surface area contributed by atoms with Crippen LogP contribution in [0.2, 0.25) is 0 Å². The van der Waals surface area contributed by atoms with Gasteiger partial charge in [0.2, 0.25) is 0 Å². The molecule has 0 aromatic carbocycles. The summed E-state index contributed by atoms with van der Waals surface area (Å²) in [6.07, 6.45) is 22.5. The Hall–Kier alpha value is -1.15. The number of hydrogen-bond donors (Lipinski definition) is 0. The average Bonchev–Trinajstić information content (AvgIpc) is 3.16. The van der Waals surface area contributed by atoms with Crippen molar-refractivity contribution in [3.05, 3.63) is 35.3 Å². The quantitative estimate of drug-likeness (QED) is 0.402. The van der Waals surface area contributed by atoms with Gasteiger partial charge in [0.1, 0.15) is 0 Å². The second kappa shape index (κ2) is 9.96. The molecule has 4 fully saturated rings. The summed E-state index contributed by atoms with van der Waals surface area (Å²) in [5.74, 6) is 4.84. The third kappa shape index (κ3) is 5.43. The van der Waals surface area contributed by atoms with Crippen LogP contribution in [0.3, 0.4) is 0 Å². The Morgan fingerprint density at radius 3 is 1.97 bits per heavy atom. The van der Waals surface area contributed by atoms with E-state index >= 15 is 0 Å². The molecule has 0 bridgehead atoms. The zero-order valence-electron chi connectivity index (χ0n) is 23.6. The van der Waals surface area contributed by atoms with Crippen LogP contribution >= 0.6 is 0 Å². The number of nitrogens with zero attached hydrogens (tertiary/aromatic N) is 1. The largest absolute Gasteiger partial charge is 0.335 e. The van der Waals surface area contributed by atoms with Crippen LogP contribution < -0.4 is 0 Å². The van der Waals surface area contributed by atoms with Crippen molar-refractivity contribution in [1.29, 1.82) is 0 Å². The van der Waals surface area contributed by atoms with Gasteiger partial charge in [0.25, 0.3) is 0 Å². The van der Waals surface area contributed by atoms with Crippen molar-refractivity contribution < 1.29 is 4.42 Å². The van der Waals surface area contributed by atoms with Crippen LogP contribution in [0.5, 0.6) is 0 Å². The van der Waals surface area contributed by atoms with Gasteiger partial charge in [-0.2, -0.15) is 0 Å². The summed E-state index contributed by atoms with van der Waals surface area (Å²) >= 11 is 0. The summed E-state index contributed by atoms with van der Waals surface area (Å²) < 4.78 is 6.38. The van der Waals surface area contributed by atoms with Gasteiger partial charge in [-0.15, -0.1) is 0 Å². The molecule has 1 saturated heterocycles. The Bertz CT molecular complexity index is 864. The fourth-order valence-electron chi connectivity index (χ4n) is 8.01. The molecule has 2 heteroatoms. The second-order valence-electron chi connectivity index (χ2n) is 14.5. The molecule has 5 atom stereocenters. The van der Waals surface area contributed by atoms with Crippen LogP contribution in [0.1, 0.15) is 136 Å². The molecule has 3 aliphatic carbocycles. The van der Waals surface area contributed by atoms with E-state index in [2.05, 4.69) is 70.7 Å². The number of hydrogen-bond acceptors (Lipinski definition) is 1. The lowest BCUT2D eigenvalue weighted by Gasteiger charge is -2.42. The smallest absolute Gasteiger partial charge is 0.294 e. The normalized spacial score (nSPS) is 33.1. The fourth-order valence-corrected chi connectivity index (χ4v) is 8.01. The highest BCUT2D eigenvalue weighted by atomic mass is 16.3. The number of allylic oxidation sites excluding steroid dienone is 1. The maximum atomic E-state index is 6.38. The lowest BCUT2D eigenvalue weighted by molar-refractivity contribution is 0.0620. The molecule has 5 unspecified atom stereocenters. The molecule has 0 spiro atoms. The molecule has 2 nitrogen and oxygen atoms in total. The van der Waals surface area contributed by atoms with Crippen LogP contribution in [0, 0.1) is 17.8 Å². The first-order valence-corrected chi connectivity index (χ1v) is 15.1. The van der Waals surface area contributed by atoms with E-state index in [-0.39, 0.29) is 10.8 Å². The zero-order chi connectivity index (χ0) is 24.8. The maximum Gasteiger partial charge on any atom is 0.335 e. The molecule has 0 N–H and O–H groups in total. The summed E-state index contributed by atoms with van der Waals surface area (Å²) in [4.78, 5) is 3.14. The van der Waals surface area contributed by atoms with Crippen molar-refractivity contribution in [2.45, 2.75) is 148 Å². The minimum absolute atomic E-state index is 0.0182. The molecule has 3 saturated carbocycles. The SMILES string of the molecule is CC(C)(C)c1cc(/C=C/C2CCC3C(C2)C2CCCCC2N3C2CCCCC2)cc(C(C)(C)C)[o+]1. The predicted molar refractivity (Wildman–Crippen MR) is 149 cm³/mol. The first-order chi connectivity index (χ1) is 16.6. The third-order valence-electron chi connectivity index (χ3n) is 9.85. The van der Waals surface area contributed by atoms with Crippen molar-refractivity contribution in [2.24, 2.45) is 17.8 Å². The lowest BCUT2D eigenvalue weighted by Crippen LogP contribution is -2.47. The molecule has 2 heterocycles. The van der Waals surface area contributed by atoms with Crippen LogP contribution in [-0.2, 0) is 10.8 Å². The monoisotopic (exact) mass is 478 g/mol. The average molecular weight is 479 g/mol. The summed E-state index contributed by atoms with van der Waals surface area (Å²) in [6, 6.07) is 7.26. The summed E-state index contributed by atoms with van der Waals surface area (Å²) in [5, 5.41) is 0. The number of rotatable bonds is 3. The molecule has 194 valence electrons. The van der Waals surface area contributed by atoms with Gasteiger partial charge in [-0.3, -0.25) is 4.90 Å². The van der Waals surface area contributed by atoms with Crippen molar-refractivity contribution >= 4 is 6.08 Å². The molecule has 0 radical (unpaired) electrons. The predicted octanol–water partition coefficient (Wildman–Crippen LogP) is 9.16. The lowest BCUT2D eigenvalue weighted by atomic mass is 9.70. The summed E-state index contributed by atoms with van der Waals surface area (Å²) in [6.45, 7) is 13.5. The van der Waals surface area contributed by atoms with Gasteiger partial charge in [-0.1, -0.05) is 44.3 Å². The Morgan fingerprint density at radius 2 is 1.31 bits per heavy atom. The molecule has 1 aromatic rings. The van der Waals surface area contributed by atoms with E-state index in [0.29, 0.717) is 0 Å². The molecule has 35 heavy (non-hydrogen) atoms. The zero-order valence-corrected chi connectivity index (χ0v) is 23.6. The maximum absolute atomic E-state index is 6.38. The highest BCUT2D eigenvalue weighted by Gasteiger charge is 2.52. The number of likely N-dealkylation sites (tertiary alicyclic amines) is 1. The number of fused-ring (bicyclic) bond motifs is 3. The molecule has 0 amide bonds. The van der Waals surface area contributed by atoms with Gasteiger partial charge in [0, 0.05) is 30.3 Å². The molecular weight excluding hydrogens is 426 g/mol. The van der Waals surface area contributed by atoms with Crippen molar-refractivity contribution in [2.75, 3.05) is 0 Å². The fraction of sp³-hybridized carbons (Fsp3) is 0.788. The van der Waals surface area contributed by atoms with Crippen LogP contribution in [0.4, 0.5) is 0 Å². The third-order valence-corrected chi connectivity index (χ3v) is 9.85. The van der Waals surface area contributed by atoms with Gasteiger partial charge >= 0.3 is 11.5 Å². The summed E-state index contributed by atoms with van der Waals surface area (Å²) in [5.41, 5.74) is 1.35. The Kier molecular flexibility index (Phi) is 7.25. The molecule has 4 aliphatic rings. The molecule has 1 aromatic heterocycles.